The first-order valence-corrected chi connectivity index (χ1v) is 18.9. The van der Waals surface area contributed by atoms with Crippen molar-refractivity contribution in [2.75, 3.05) is 0 Å². The van der Waals surface area contributed by atoms with Gasteiger partial charge in [0.1, 0.15) is 23.2 Å². The third kappa shape index (κ3) is 5.48. The molecule has 5 nitrogen and oxygen atoms in total. The van der Waals surface area contributed by atoms with Gasteiger partial charge in [0, 0.05) is 38.4 Å². The van der Waals surface area contributed by atoms with Crippen LogP contribution in [0.4, 0.5) is 0 Å². The number of aromatic nitrogens is 1. The summed E-state index contributed by atoms with van der Waals surface area (Å²) in [5, 5.41) is 8.20. The number of hydrogen-bond donors (Lipinski definition) is 1. The van der Waals surface area contributed by atoms with Crippen molar-refractivity contribution in [1.82, 2.24) is 9.88 Å². The number of hydrogen-bond acceptors (Lipinski definition) is 4. The highest BCUT2D eigenvalue weighted by molar-refractivity contribution is 6.15. The third-order valence-corrected chi connectivity index (χ3v) is 10.9. The predicted molar refractivity (Wildman–Crippen MR) is 231 cm³/mol. The van der Waals surface area contributed by atoms with Gasteiger partial charge in [-0.25, -0.2) is 9.98 Å². The number of nitrogens with zero attached hydrogens (tertiary/aromatic N) is 3. The Labute approximate surface area is 323 Å². The zero-order chi connectivity index (χ0) is 37.0. The Bertz CT molecular complexity index is 3160. The first kappa shape index (κ1) is 32.0. The van der Waals surface area contributed by atoms with Crippen LogP contribution in [0.2, 0.25) is 0 Å². The molecule has 1 aliphatic heterocycles. The Morgan fingerprint density at radius 1 is 0.429 bits per heavy atom. The van der Waals surface area contributed by atoms with Crippen LogP contribution in [0.1, 0.15) is 22.9 Å². The number of amidine groups is 2. The van der Waals surface area contributed by atoms with Crippen molar-refractivity contribution in [1.29, 1.82) is 0 Å². The van der Waals surface area contributed by atoms with Gasteiger partial charge in [0.25, 0.3) is 0 Å². The molecule has 264 valence electrons. The van der Waals surface area contributed by atoms with E-state index in [0.29, 0.717) is 5.84 Å². The lowest BCUT2D eigenvalue weighted by molar-refractivity contribution is 0.666. The maximum atomic E-state index is 6.51. The highest BCUT2D eigenvalue weighted by atomic mass is 16.3. The monoisotopic (exact) mass is 718 g/mol. The van der Waals surface area contributed by atoms with Gasteiger partial charge in [-0.15, -0.1) is 0 Å². The number of benzene rings is 8. The van der Waals surface area contributed by atoms with Gasteiger partial charge in [0.15, 0.2) is 5.84 Å². The molecule has 1 atom stereocenters. The Morgan fingerprint density at radius 2 is 1.07 bits per heavy atom. The van der Waals surface area contributed by atoms with Gasteiger partial charge in [0.2, 0.25) is 0 Å². The Hall–Kier alpha value is -7.50. The summed E-state index contributed by atoms with van der Waals surface area (Å²) in [5.74, 6) is 1.45. The molecule has 56 heavy (non-hydrogen) atoms. The van der Waals surface area contributed by atoms with Gasteiger partial charge in [0.05, 0.1) is 11.0 Å². The minimum atomic E-state index is -0.267. The van der Waals surface area contributed by atoms with Crippen LogP contribution < -0.4 is 5.32 Å². The van der Waals surface area contributed by atoms with Crippen LogP contribution in [0.5, 0.6) is 0 Å². The van der Waals surface area contributed by atoms with Crippen molar-refractivity contribution in [3.8, 4) is 27.9 Å². The van der Waals surface area contributed by atoms with E-state index >= 15 is 0 Å². The maximum Gasteiger partial charge on any atom is 0.159 e. The van der Waals surface area contributed by atoms with Crippen LogP contribution in [-0.2, 0) is 0 Å². The van der Waals surface area contributed by atoms with E-state index in [-0.39, 0.29) is 6.17 Å². The Kier molecular flexibility index (Phi) is 7.49. The molecular formula is C51H34N4O. The molecule has 0 unspecified atom stereocenters. The summed E-state index contributed by atoms with van der Waals surface area (Å²) < 4.78 is 8.90. The molecule has 0 saturated heterocycles. The molecule has 0 fully saturated rings. The average Bonchev–Trinajstić information content (AvgIpc) is 3.81. The van der Waals surface area contributed by atoms with Crippen LogP contribution >= 0.6 is 0 Å². The highest BCUT2D eigenvalue weighted by Gasteiger charge is 2.22. The van der Waals surface area contributed by atoms with Crippen molar-refractivity contribution in [2.24, 2.45) is 9.98 Å². The van der Waals surface area contributed by atoms with Crippen molar-refractivity contribution < 1.29 is 4.42 Å². The van der Waals surface area contributed by atoms with E-state index < -0.39 is 0 Å². The molecule has 2 aromatic heterocycles. The van der Waals surface area contributed by atoms with E-state index in [0.717, 1.165) is 61.3 Å². The molecule has 8 aromatic carbocycles. The van der Waals surface area contributed by atoms with Gasteiger partial charge in [-0.1, -0.05) is 146 Å². The highest BCUT2D eigenvalue weighted by Crippen LogP contribution is 2.37. The lowest BCUT2D eigenvalue weighted by atomic mass is 10.0. The maximum absolute atomic E-state index is 6.51. The molecule has 0 aliphatic carbocycles. The Morgan fingerprint density at radius 3 is 1.91 bits per heavy atom. The molecule has 5 heteroatoms. The fraction of sp³-hybridized carbons (Fsp3) is 0.0196. The van der Waals surface area contributed by atoms with Gasteiger partial charge in [-0.3, -0.25) is 0 Å². The average molecular weight is 719 g/mol. The fourth-order valence-corrected chi connectivity index (χ4v) is 8.11. The second-order valence-corrected chi connectivity index (χ2v) is 14.3. The predicted octanol–water partition coefficient (Wildman–Crippen LogP) is 12.5. The number of fused-ring (bicyclic) bond motifs is 6. The molecule has 11 rings (SSSR count). The molecule has 10 aromatic rings. The number of rotatable bonds is 6. The molecule has 0 saturated carbocycles. The lowest BCUT2D eigenvalue weighted by Gasteiger charge is -2.23. The standard InChI is InChI=1S/C51H34N4O/c1-4-13-33(14-5-1)38-23-26-42-41-21-10-11-22-45(41)55(46(42)31-38)40-20-12-19-36(29-40)37-25-28-47-44(30-37)43-27-24-39(32-48(43)56-47)51-53-49(34-15-6-2-7-16-34)52-50(54-51)35-17-8-3-9-18-35/h1-32,49H,(H,52,53,54)/t49-/m0/s1. The number of furan rings is 1. The first-order chi connectivity index (χ1) is 27.7. The minimum Gasteiger partial charge on any atom is -0.456 e. The molecule has 3 heterocycles. The normalized spacial score (nSPS) is 14.2. The zero-order valence-electron chi connectivity index (χ0n) is 30.3. The minimum absolute atomic E-state index is 0.267. The van der Waals surface area contributed by atoms with E-state index in [9.17, 15) is 0 Å². The number of nitrogens with one attached hydrogen (secondary N) is 1. The van der Waals surface area contributed by atoms with Crippen LogP contribution in [0.25, 0.3) is 71.7 Å². The summed E-state index contributed by atoms with van der Waals surface area (Å²) in [4.78, 5) is 10.0. The van der Waals surface area contributed by atoms with E-state index in [1.165, 1.54) is 32.9 Å². The molecule has 0 radical (unpaired) electrons. The topological polar surface area (TPSA) is 54.8 Å². The smallest absolute Gasteiger partial charge is 0.159 e. The summed E-state index contributed by atoms with van der Waals surface area (Å²) in [6, 6.07) is 68.2. The second-order valence-electron chi connectivity index (χ2n) is 14.3. The summed E-state index contributed by atoms with van der Waals surface area (Å²) in [6.45, 7) is 0. The van der Waals surface area contributed by atoms with E-state index in [4.69, 9.17) is 14.4 Å². The van der Waals surface area contributed by atoms with Gasteiger partial charge < -0.3 is 14.3 Å². The van der Waals surface area contributed by atoms with Crippen LogP contribution in [0.15, 0.2) is 209 Å². The molecular weight excluding hydrogens is 685 g/mol. The Balaban J connectivity index is 0.978. The molecule has 0 spiro atoms. The molecule has 0 bridgehead atoms. The molecule has 1 N–H and O–H groups in total. The second kappa shape index (κ2) is 13.1. The van der Waals surface area contributed by atoms with Crippen LogP contribution in [-0.4, -0.2) is 16.2 Å². The lowest BCUT2D eigenvalue weighted by Crippen LogP contribution is -2.33. The number of aliphatic imine (C=N–C) groups is 2. The molecule has 1 aliphatic rings. The van der Waals surface area contributed by atoms with Crippen LogP contribution in [0, 0.1) is 0 Å². The first-order valence-electron chi connectivity index (χ1n) is 18.9. The number of para-hydroxylation sites is 1. The zero-order valence-corrected chi connectivity index (χ0v) is 30.3. The van der Waals surface area contributed by atoms with Crippen LogP contribution in [0.3, 0.4) is 0 Å². The van der Waals surface area contributed by atoms with Crippen molar-refractivity contribution in [3.05, 3.63) is 211 Å². The van der Waals surface area contributed by atoms with Gasteiger partial charge in [-0.05, 0) is 76.3 Å². The SMILES string of the molecule is c1ccc(C2=N[C@H](c3ccccc3)NC(c3ccc4c(c3)oc3ccc(-c5cccc(-n6c7ccccc7c7ccc(-c8ccccc8)cc76)c5)cc34)=N2)cc1. The summed E-state index contributed by atoms with van der Waals surface area (Å²) in [6.07, 6.45) is -0.267. The van der Waals surface area contributed by atoms with Gasteiger partial charge >= 0.3 is 0 Å². The molecule has 0 amide bonds. The van der Waals surface area contributed by atoms with E-state index in [1.807, 2.05) is 48.5 Å². The summed E-state index contributed by atoms with van der Waals surface area (Å²) >= 11 is 0. The van der Waals surface area contributed by atoms with Crippen molar-refractivity contribution in [2.45, 2.75) is 6.17 Å². The largest absolute Gasteiger partial charge is 0.456 e. The van der Waals surface area contributed by atoms with E-state index in [2.05, 4.69) is 155 Å². The fourth-order valence-electron chi connectivity index (χ4n) is 8.11. The quantitative estimate of drug-likeness (QED) is 0.186. The summed E-state index contributed by atoms with van der Waals surface area (Å²) in [5.41, 5.74) is 12.8. The van der Waals surface area contributed by atoms with Crippen molar-refractivity contribution >= 4 is 55.4 Å². The summed E-state index contributed by atoms with van der Waals surface area (Å²) in [7, 11) is 0. The van der Waals surface area contributed by atoms with Gasteiger partial charge in [-0.2, -0.15) is 0 Å². The van der Waals surface area contributed by atoms with Crippen molar-refractivity contribution in [3.63, 3.8) is 0 Å². The third-order valence-electron chi connectivity index (χ3n) is 10.9. The van der Waals surface area contributed by atoms with E-state index in [1.54, 1.807) is 0 Å².